The quantitative estimate of drug-likeness (QED) is 0.298. The summed E-state index contributed by atoms with van der Waals surface area (Å²) in [6, 6.07) is 14.2. The van der Waals surface area contributed by atoms with E-state index in [4.69, 9.17) is 4.74 Å². The van der Waals surface area contributed by atoms with Crippen LogP contribution in [0.1, 0.15) is 24.8 Å². The van der Waals surface area contributed by atoms with E-state index in [0.717, 1.165) is 31.6 Å². The van der Waals surface area contributed by atoms with Crippen LogP contribution in [0.4, 0.5) is 29.2 Å². The van der Waals surface area contributed by atoms with Crippen LogP contribution >= 0.6 is 0 Å². The minimum absolute atomic E-state index is 0.136. The van der Waals surface area contributed by atoms with Crippen molar-refractivity contribution in [2.75, 3.05) is 35.8 Å². The monoisotopic (exact) mass is 448 g/mol. The molecule has 2 heterocycles. The summed E-state index contributed by atoms with van der Waals surface area (Å²) < 4.78 is 5.03. The predicted octanol–water partition coefficient (Wildman–Crippen LogP) is 3.97. The van der Waals surface area contributed by atoms with E-state index in [9.17, 15) is 10.1 Å². The van der Waals surface area contributed by atoms with Gasteiger partial charge in [-0.05, 0) is 43.5 Å². The maximum Gasteiger partial charge on any atom is 0.311 e. The molecule has 170 valence electrons. The van der Waals surface area contributed by atoms with E-state index in [-0.39, 0.29) is 17.4 Å². The molecular formula is C22H24N8O3. The molecule has 0 amide bonds. The van der Waals surface area contributed by atoms with Gasteiger partial charge in [0.1, 0.15) is 0 Å². The number of piperidine rings is 1. The van der Waals surface area contributed by atoms with Crippen LogP contribution in [0.5, 0.6) is 5.75 Å². The summed E-state index contributed by atoms with van der Waals surface area (Å²) in [7, 11) is 1.39. The van der Waals surface area contributed by atoms with Crippen molar-refractivity contribution in [3.8, 4) is 5.75 Å². The van der Waals surface area contributed by atoms with Gasteiger partial charge < -0.3 is 15.0 Å². The first-order valence-corrected chi connectivity index (χ1v) is 10.6. The van der Waals surface area contributed by atoms with Gasteiger partial charge in [-0.3, -0.25) is 10.1 Å². The zero-order valence-electron chi connectivity index (χ0n) is 18.1. The Hall–Kier alpha value is -4.28. The summed E-state index contributed by atoms with van der Waals surface area (Å²) >= 11 is 0. The number of aromatic nitrogens is 3. The van der Waals surface area contributed by atoms with Crippen molar-refractivity contribution < 1.29 is 9.66 Å². The lowest BCUT2D eigenvalue weighted by Crippen LogP contribution is -2.31. The van der Waals surface area contributed by atoms with Gasteiger partial charge >= 0.3 is 5.69 Å². The van der Waals surface area contributed by atoms with E-state index < -0.39 is 4.92 Å². The smallest absolute Gasteiger partial charge is 0.311 e. The molecule has 33 heavy (non-hydrogen) atoms. The van der Waals surface area contributed by atoms with E-state index in [1.165, 1.54) is 31.9 Å². The number of hydrogen-bond acceptors (Lipinski definition) is 10. The number of methoxy groups -OCH3 is 1. The number of benzene rings is 2. The molecule has 0 spiro atoms. The van der Waals surface area contributed by atoms with E-state index >= 15 is 0 Å². The number of rotatable bonds is 8. The third kappa shape index (κ3) is 5.70. The molecule has 1 saturated heterocycles. The van der Waals surface area contributed by atoms with E-state index in [2.05, 4.69) is 35.7 Å². The highest BCUT2D eigenvalue weighted by Crippen LogP contribution is 2.27. The number of ether oxygens (including phenoxy) is 1. The van der Waals surface area contributed by atoms with Crippen LogP contribution in [-0.2, 0) is 0 Å². The highest BCUT2D eigenvalue weighted by molar-refractivity contribution is 5.82. The van der Waals surface area contributed by atoms with Gasteiger partial charge in [-0.2, -0.15) is 20.1 Å². The Kier molecular flexibility index (Phi) is 6.88. The van der Waals surface area contributed by atoms with Crippen molar-refractivity contribution >= 4 is 35.4 Å². The average molecular weight is 448 g/mol. The Morgan fingerprint density at radius 1 is 1.06 bits per heavy atom. The molecule has 1 aliphatic rings. The first-order chi connectivity index (χ1) is 16.1. The number of hydrogen-bond donors (Lipinski definition) is 2. The van der Waals surface area contributed by atoms with Gasteiger partial charge in [0.2, 0.25) is 17.8 Å². The minimum Gasteiger partial charge on any atom is -0.490 e. The second-order valence-corrected chi connectivity index (χ2v) is 7.38. The Morgan fingerprint density at radius 2 is 1.82 bits per heavy atom. The van der Waals surface area contributed by atoms with Gasteiger partial charge in [-0.1, -0.05) is 18.2 Å². The molecule has 0 unspecified atom stereocenters. The lowest BCUT2D eigenvalue weighted by atomic mass is 10.1. The van der Waals surface area contributed by atoms with Gasteiger partial charge in [0.15, 0.2) is 5.75 Å². The number of anilines is 4. The summed E-state index contributed by atoms with van der Waals surface area (Å²) in [5, 5.41) is 18.6. The number of nitrogens with one attached hydrogen (secondary N) is 2. The van der Waals surface area contributed by atoms with E-state index in [1.807, 2.05) is 30.3 Å². The van der Waals surface area contributed by atoms with Crippen LogP contribution in [0.25, 0.3) is 0 Å². The lowest BCUT2D eigenvalue weighted by Gasteiger charge is -2.26. The van der Waals surface area contributed by atoms with Gasteiger partial charge in [0.25, 0.3) is 0 Å². The zero-order chi connectivity index (χ0) is 23.0. The third-order valence-electron chi connectivity index (χ3n) is 5.07. The van der Waals surface area contributed by atoms with Crippen LogP contribution < -0.4 is 20.4 Å². The molecule has 2 N–H and O–H groups in total. The van der Waals surface area contributed by atoms with Crippen LogP contribution in [0.2, 0.25) is 0 Å². The van der Waals surface area contributed by atoms with Crippen molar-refractivity contribution in [3.63, 3.8) is 0 Å². The summed E-state index contributed by atoms with van der Waals surface area (Å²) in [5.41, 5.74) is 4.07. The first kappa shape index (κ1) is 21.9. The molecule has 1 aromatic heterocycles. The van der Waals surface area contributed by atoms with Gasteiger partial charge in [-0.15, -0.1) is 0 Å². The van der Waals surface area contributed by atoms with Crippen LogP contribution in [0.3, 0.4) is 0 Å². The Balaban J connectivity index is 1.56. The molecule has 0 atom stereocenters. The van der Waals surface area contributed by atoms with Crippen LogP contribution in [-0.4, -0.2) is 46.3 Å². The fourth-order valence-electron chi connectivity index (χ4n) is 3.45. The summed E-state index contributed by atoms with van der Waals surface area (Å²) in [4.78, 5) is 26.4. The van der Waals surface area contributed by atoms with Crippen molar-refractivity contribution in [2.45, 2.75) is 19.3 Å². The molecule has 0 radical (unpaired) electrons. The molecule has 11 nitrogen and oxygen atoms in total. The number of nitro groups is 1. The summed E-state index contributed by atoms with van der Waals surface area (Å²) in [5.74, 6) is 1.42. The van der Waals surface area contributed by atoms with Gasteiger partial charge in [0, 0.05) is 30.4 Å². The van der Waals surface area contributed by atoms with E-state index in [1.54, 1.807) is 6.07 Å². The highest BCUT2D eigenvalue weighted by Gasteiger charge is 2.17. The second-order valence-electron chi connectivity index (χ2n) is 7.38. The lowest BCUT2D eigenvalue weighted by molar-refractivity contribution is -0.385. The molecule has 1 fully saturated rings. The second kappa shape index (κ2) is 10.4. The number of para-hydroxylation sites is 1. The maximum atomic E-state index is 11.2. The summed E-state index contributed by atoms with van der Waals surface area (Å²) in [6.07, 6.45) is 4.83. The number of hydrazone groups is 1. The average Bonchev–Trinajstić information content (AvgIpc) is 2.85. The molecule has 2 aromatic carbocycles. The van der Waals surface area contributed by atoms with Crippen LogP contribution in [0, 0.1) is 10.1 Å². The molecule has 4 rings (SSSR count). The normalized spacial score (nSPS) is 13.7. The Bertz CT molecular complexity index is 1130. The van der Waals surface area contributed by atoms with Crippen LogP contribution in [0.15, 0.2) is 53.6 Å². The third-order valence-corrected chi connectivity index (χ3v) is 5.07. The van der Waals surface area contributed by atoms with Gasteiger partial charge in [0.05, 0.1) is 18.2 Å². The van der Waals surface area contributed by atoms with Crippen molar-refractivity contribution in [2.24, 2.45) is 5.10 Å². The largest absolute Gasteiger partial charge is 0.490 e. The fourth-order valence-corrected chi connectivity index (χ4v) is 3.45. The molecule has 0 bridgehead atoms. The number of nitro benzene ring substituents is 1. The molecule has 3 aromatic rings. The van der Waals surface area contributed by atoms with Crippen molar-refractivity contribution in [1.29, 1.82) is 0 Å². The molecule has 1 aliphatic heterocycles. The maximum absolute atomic E-state index is 11.2. The zero-order valence-corrected chi connectivity index (χ0v) is 18.1. The van der Waals surface area contributed by atoms with Crippen molar-refractivity contribution in [1.82, 2.24) is 15.0 Å². The standard InChI is InChI=1S/C22H24N8O3/c1-33-19-11-10-16(14-18(19)30(31)32)15-23-28-21-25-20(24-17-8-4-2-5-9-17)26-22(27-21)29-12-6-3-7-13-29/h2,4-5,8-11,14-15H,3,6-7,12-13H2,1H3,(H2,24,25,26,27,28)/b23-15+. The number of nitrogens with zero attached hydrogens (tertiary/aromatic N) is 6. The molecule has 11 heteroatoms. The Morgan fingerprint density at radius 3 is 2.55 bits per heavy atom. The van der Waals surface area contributed by atoms with Gasteiger partial charge in [-0.25, -0.2) is 5.43 Å². The fraction of sp³-hybridized carbons (Fsp3) is 0.273. The highest BCUT2D eigenvalue weighted by atomic mass is 16.6. The first-order valence-electron chi connectivity index (χ1n) is 10.6. The van der Waals surface area contributed by atoms with Crippen molar-refractivity contribution in [3.05, 3.63) is 64.2 Å². The summed E-state index contributed by atoms with van der Waals surface area (Å²) in [6.45, 7) is 1.76. The molecule has 0 saturated carbocycles. The Labute approximate surface area is 190 Å². The van der Waals surface area contributed by atoms with E-state index in [0.29, 0.717) is 17.5 Å². The molecule has 0 aliphatic carbocycles. The topological polar surface area (TPSA) is 131 Å². The molecular weight excluding hydrogens is 424 g/mol. The SMILES string of the molecule is COc1ccc(/C=N/Nc2nc(Nc3ccccc3)nc(N3CCCCC3)n2)cc1[N+](=O)[O-]. The predicted molar refractivity (Wildman–Crippen MR) is 126 cm³/mol. The minimum atomic E-state index is -0.498.